The van der Waals surface area contributed by atoms with E-state index in [1.807, 2.05) is 13.8 Å². The van der Waals surface area contributed by atoms with Crippen molar-refractivity contribution in [1.82, 2.24) is 20.2 Å². The van der Waals surface area contributed by atoms with Gasteiger partial charge in [0.2, 0.25) is 0 Å². The summed E-state index contributed by atoms with van der Waals surface area (Å²) < 4.78 is 7.27. The average molecular weight is 296 g/mol. The van der Waals surface area contributed by atoms with Gasteiger partial charge in [-0.1, -0.05) is 13.3 Å². The maximum Gasteiger partial charge on any atom is 0.305 e. The number of rotatable bonds is 9. The normalized spacial score (nSPS) is 22.8. The summed E-state index contributed by atoms with van der Waals surface area (Å²) >= 11 is 0. The Hall–Kier alpha value is -1.50. The molecule has 7 heteroatoms. The van der Waals surface area contributed by atoms with Crippen LogP contribution in [0.3, 0.4) is 0 Å². The molecular weight excluding hydrogens is 272 g/mol. The summed E-state index contributed by atoms with van der Waals surface area (Å²) in [5, 5.41) is 20.9. The molecule has 1 saturated carbocycles. The molecule has 1 fully saturated rings. The van der Waals surface area contributed by atoms with E-state index < -0.39 is 5.97 Å². The van der Waals surface area contributed by atoms with Gasteiger partial charge in [-0.15, -0.1) is 5.10 Å². The topological polar surface area (TPSA) is 90.1 Å². The second-order valence-electron chi connectivity index (χ2n) is 5.70. The summed E-state index contributed by atoms with van der Waals surface area (Å²) in [7, 11) is 0. The van der Waals surface area contributed by atoms with E-state index in [0.29, 0.717) is 12.0 Å². The van der Waals surface area contributed by atoms with Crippen LogP contribution in [0.5, 0.6) is 0 Å². The predicted molar refractivity (Wildman–Crippen MR) is 75.9 cm³/mol. The van der Waals surface area contributed by atoms with Gasteiger partial charge in [0.05, 0.1) is 18.6 Å². The fourth-order valence-electron chi connectivity index (χ4n) is 2.95. The van der Waals surface area contributed by atoms with Gasteiger partial charge in [0.25, 0.3) is 0 Å². The summed E-state index contributed by atoms with van der Waals surface area (Å²) in [5.74, 6) is 0.531. The Morgan fingerprint density at radius 3 is 2.86 bits per heavy atom. The van der Waals surface area contributed by atoms with Crippen LogP contribution < -0.4 is 0 Å². The van der Waals surface area contributed by atoms with Gasteiger partial charge in [0.15, 0.2) is 5.82 Å². The molecule has 1 N–H and O–H groups in total. The van der Waals surface area contributed by atoms with Crippen LogP contribution in [0.25, 0.3) is 0 Å². The van der Waals surface area contributed by atoms with Gasteiger partial charge < -0.3 is 9.84 Å². The molecule has 1 aliphatic carbocycles. The molecule has 0 spiro atoms. The van der Waals surface area contributed by atoms with Gasteiger partial charge in [0.1, 0.15) is 0 Å². The minimum atomic E-state index is -0.810. The van der Waals surface area contributed by atoms with Crippen LogP contribution in [0.2, 0.25) is 0 Å². The molecule has 118 valence electrons. The van der Waals surface area contributed by atoms with E-state index in [9.17, 15) is 4.79 Å². The van der Waals surface area contributed by atoms with Gasteiger partial charge in [0, 0.05) is 13.0 Å². The zero-order valence-corrected chi connectivity index (χ0v) is 12.7. The van der Waals surface area contributed by atoms with Crippen molar-refractivity contribution < 1.29 is 14.6 Å². The fraction of sp³-hybridized carbons (Fsp3) is 0.857. The second kappa shape index (κ2) is 7.49. The monoisotopic (exact) mass is 296 g/mol. The Morgan fingerprint density at radius 1 is 1.48 bits per heavy atom. The molecule has 21 heavy (non-hydrogen) atoms. The molecule has 1 aliphatic rings. The summed E-state index contributed by atoms with van der Waals surface area (Å²) in [6.45, 7) is 4.80. The third-order valence-electron chi connectivity index (χ3n) is 4.01. The Kier molecular flexibility index (Phi) is 5.67. The van der Waals surface area contributed by atoms with Gasteiger partial charge >= 0.3 is 5.97 Å². The summed E-state index contributed by atoms with van der Waals surface area (Å²) in [4.78, 5) is 11.0. The molecule has 1 aromatic heterocycles. The van der Waals surface area contributed by atoms with Crippen LogP contribution >= 0.6 is 0 Å². The van der Waals surface area contributed by atoms with Crippen molar-refractivity contribution in [3.63, 3.8) is 0 Å². The molecule has 1 heterocycles. The van der Waals surface area contributed by atoms with E-state index >= 15 is 0 Å². The lowest BCUT2D eigenvalue weighted by Crippen LogP contribution is -2.33. The molecule has 7 nitrogen and oxygen atoms in total. The SMILES string of the molecule is CCCC(CC(=O)O)n1nnnc1CC1CC(OCC)C1. The van der Waals surface area contributed by atoms with E-state index in [4.69, 9.17) is 9.84 Å². The van der Waals surface area contributed by atoms with Gasteiger partial charge in [-0.3, -0.25) is 4.79 Å². The van der Waals surface area contributed by atoms with Crippen LogP contribution in [0, 0.1) is 5.92 Å². The van der Waals surface area contributed by atoms with Crippen molar-refractivity contribution in [2.45, 2.75) is 64.5 Å². The highest BCUT2D eigenvalue weighted by Gasteiger charge is 2.31. The van der Waals surface area contributed by atoms with Gasteiger partial charge in [-0.2, -0.15) is 0 Å². The maximum absolute atomic E-state index is 11.0. The number of nitrogens with zero attached hydrogens (tertiary/aromatic N) is 4. The molecule has 1 unspecified atom stereocenters. The van der Waals surface area contributed by atoms with E-state index in [2.05, 4.69) is 15.5 Å². The minimum Gasteiger partial charge on any atom is -0.481 e. The van der Waals surface area contributed by atoms with Crippen LogP contribution in [0.15, 0.2) is 0 Å². The first-order chi connectivity index (χ1) is 10.1. The first-order valence-electron chi connectivity index (χ1n) is 7.74. The van der Waals surface area contributed by atoms with Crippen molar-refractivity contribution in [2.75, 3.05) is 6.61 Å². The molecule has 2 rings (SSSR count). The number of tetrazole rings is 1. The Labute approximate surface area is 124 Å². The lowest BCUT2D eigenvalue weighted by molar-refractivity contribution is -0.138. The van der Waals surface area contributed by atoms with Crippen molar-refractivity contribution >= 4 is 5.97 Å². The van der Waals surface area contributed by atoms with Crippen LogP contribution in [-0.4, -0.2) is 44.0 Å². The van der Waals surface area contributed by atoms with Gasteiger partial charge in [-0.25, -0.2) is 4.68 Å². The molecule has 0 bridgehead atoms. The highest BCUT2D eigenvalue weighted by atomic mass is 16.5. The van der Waals surface area contributed by atoms with Gasteiger partial charge in [-0.05, 0) is 42.5 Å². The Morgan fingerprint density at radius 2 is 2.24 bits per heavy atom. The highest BCUT2D eigenvalue weighted by Crippen LogP contribution is 2.33. The van der Waals surface area contributed by atoms with Crippen molar-refractivity contribution in [3.05, 3.63) is 5.82 Å². The molecule has 0 aromatic carbocycles. The van der Waals surface area contributed by atoms with E-state index in [0.717, 1.165) is 44.5 Å². The third kappa shape index (κ3) is 4.23. The zero-order chi connectivity index (χ0) is 15.2. The number of hydrogen-bond acceptors (Lipinski definition) is 5. The zero-order valence-electron chi connectivity index (χ0n) is 12.7. The summed E-state index contributed by atoms with van der Waals surface area (Å²) in [6.07, 6.45) is 5.00. The summed E-state index contributed by atoms with van der Waals surface area (Å²) in [6, 6.07) is -0.153. The van der Waals surface area contributed by atoms with Crippen molar-refractivity contribution in [1.29, 1.82) is 0 Å². The molecule has 0 aliphatic heterocycles. The molecule has 0 saturated heterocycles. The molecule has 1 aromatic rings. The summed E-state index contributed by atoms with van der Waals surface area (Å²) in [5.41, 5.74) is 0. The van der Waals surface area contributed by atoms with Crippen LogP contribution in [-0.2, 0) is 16.0 Å². The predicted octanol–water partition coefficient (Wildman–Crippen LogP) is 1.85. The van der Waals surface area contributed by atoms with Crippen LogP contribution in [0.1, 0.15) is 57.8 Å². The van der Waals surface area contributed by atoms with Crippen LogP contribution in [0.4, 0.5) is 0 Å². The van der Waals surface area contributed by atoms with E-state index in [1.54, 1.807) is 4.68 Å². The first kappa shape index (κ1) is 15.9. The number of aromatic nitrogens is 4. The van der Waals surface area contributed by atoms with Crippen molar-refractivity contribution in [3.8, 4) is 0 Å². The number of hydrogen-bond donors (Lipinski definition) is 1. The number of carbonyl (C=O) groups is 1. The van der Waals surface area contributed by atoms with Crippen molar-refractivity contribution in [2.24, 2.45) is 5.92 Å². The Bertz CT molecular complexity index is 457. The lowest BCUT2D eigenvalue weighted by atomic mass is 9.80. The standard InChI is InChI=1S/C14H24N4O3/c1-3-5-11(9-14(19)20)18-13(15-16-17-18)8-10-6-12(7-10)21-4-2/h10-12H,3-9H2,1-2H3,(H,19,20). The molecule has 0 radical (unpaired) electrons. The smallest absolute Gasteiger partial charge is 0.305 e. The average Bonchev–Trinajstić information content (AvgIpc) is 2.83. The highest BCUT2D eigenvalue weighted by molar-refractivity contribution is 5.67. The number of ether oxygens (including phenoxy) is 1. The Balaban J connectivity index is 1.95. The number of aliphatic carboxylic acids is 1. The molecular formula is C14H24N4O3. The third-order valence-corrected chi connectivity index (χ3v) is 4.01. The quantitative estimate of drug-likeness (QED) is 0.748. The molecule has 0 amide bonds. The number of carboxylic acids is 1. The largest absolute Gasteiger partial charge is 0.481 e. The fourth-order valence-corrected chi connectivity index (χ4v) is 2.95. The number of carboxylic acid groups (broad SMARTS) is 1. The second-order valence-corrected chi connectivity index (χ2v) is 5.70. The molecule has 1 atom stereocenters. The van der Waals surface area contributed by atoms with E-state index in [1.165, 1.54) is 0 Å². The first-order valence-corrected chi connectivity index (χ1v) is 7.74. The maximum atomic E-state index is 11.0. The minimum absolute atomic E-state index is 0.0676. The lowest BCUT2D eigenvalue weighted by Gasteiger charge is -2.34. The van der Waals surface area contributed by atoms with E-state index in [-0.39, 0.29) is 12.5 Å².